The first kappa shape index (κ1) is 13.4. The lowest BCUT2D eigenvalue weighted by Gasteiger charge is -2.04. The van der Waals surface area contributed by atoms with E-state index in [2.05, 4.69) is 26.2 Å². The maximum atomic E-state index is 11.6. The second-order valence-electron chi connectivity index (χ2n) is 3.17. The van der Waals surface area contributed by atoms with Crippen LogP contribution < -0.4 is 5.32 Å². The maximum absolute atomic E-state index is 11.6. The topological polar surface area (TPSA) is 62.2 Å². The van der Waals surface area contributed by atoms with Crippen LogP contribution in [0.5, 0.6) is 0 Å². The first-order valence-electron chi connectivity index (χ1n) is 4.85. The molecule has 0 fully saturated rings. The number of nitrogens with one attached hydrogen (secondary N) is 1. The van der Waals surface area contributed by atoms with Crippen LogP contribution in [0.4, 0.5) is 0 Å². The van der Waals surface area contributed by atoms with Gasteiger partial charge in [0.2, 0.25) is 0 Å². The zero-order valence-corrected chi connectivity index (χ0v) is 10.9. The number of hydrogen-bond donors (Lipinski definition) is 2. The van der Waals surface area contributed by atoms with E-state index in [1.54, 1.807) is 0 Å². The number of pyridine rings is 1. The molecule has 0 aliphatic rings. The lowest BCUT2D eigenvalue weighted by atomic mass is 10.3. The summed E-state index contributed by atoms with van der Waals surface area (Å²) in [5.41, 5.74) is 0.289. The molecule has 0 saturated heterocycles. The van der Waals surface area contributed by atoms with Gasteiger partial charge in [0.25, 0.3) is 5.91 Å². The Morgan fingerprint density at radius 3 is 2.94 bits per heavy atom. The van der Waals surface area contributed by atoms with Gasteiger partial charge in [-0.05, 0) is 34.8 Å². The van der Waals surface area contributed by atoms with Crippen molar-refractivity contribution in [1.29, 1.82) is 0 Å². The monoisotopic (exact) mass is 306 g/mol. The van der Waals surface area contributed by atoms with Crippen LogP contribution in [-0.4, -0.2) is 29.1 Å². The molecule has 0 aliphatic carbocycles. The molecule has 16 heavy (non-hydrogen) atoms. The van der Waals surface area contributed by atoms with E-state index < -0.39 is 0 Å². The molecule has 1 heterocycles. The highest BCUT2D eigenvalue weighted by molar-refractivity contribution is 9.10. The van der Waals surface area contributed by atoms with E-state index in [0.29, 0.717) is 22.5 Å². The number of halogens is 2. The van der Waals surface area contributed by atoms with Crippen molar-refractivity contribution >= 4 is 33.4 Å². The Labute approximate surface area is 107 Å². The molecular weight excluding hydrogens is 295 g/mol. The van der Waals surface area contributed by atoms with E-state index in [1.165, 1.54) is 12.3 Å². The lowest BCUT2D eigenvalue weighted by Crippen LogP contribution is -2.25. The summed E-state index contributed by atoms with van der Waals surface area (Å²) < 4.78 is 0.658. The number of unbranched alkanes of at least 4 members (excludes halogenated alkanes) is 1. The van der Waals surface area contributed by atoms with Crippen molar-refractivity contribution in [3.05, 3.63) is 27.5 Å². The smallest absolute Gasteiger partial charge is 0.269 e. The molecule has 1 aromatic rings. The number of amides is 1. The van der Waals surface area contributed by atoms with Crippen molar-refractivity contribution in [2.45, 2.75) is 12.8 Å². The third-order valence-electron chi connectivity index (χ3n) is 1.91. The molecule has 0 saturated carbocycles. The molecule has 4 nitrogen and oxygen atoms in total. The Morgan fingerprint density at radius 2 is 2.31 bits per heavy atom. The number of aliphatic hydroxyl groups excluding tert-OH is 1. The number of carbonyl (C=O) groups excluding carboxylic acids is 1. The number of aliphatic hydroxyl groups is 1. The molecular formula is C10H12BrClN2O2. The molecule has 1 aromatic heterocycles. The SMILES string of the molecule is O=C(NCCCCO)c1cc(Cl)c(Br)cn1. The van der Waals surface area contributed by atoms with Crippen LogP contribution in [0.1, 0.15) is 23.3 Å². The van der Waals surface area contributed by atoms with Crippen molar-refractivity contribution in [3.63, 3.8) is 0 Å². The fraction of sp³-hybridized carbons (Fsp3) is 0.400. The molecule has 88 valence electrons. The zero-order chi connectivity index (χ0) is 12.0. The molecule has 2 N–H and O–H groups in total. The van der Waals surface area contributed by atoms with E-state index >= 15 is 0 Å². The summed E-state index contributed by atoms with van der Waals surface area (Å²) in [6.07, 6.45) is 2.91. The van der Waals surface area contributed by atoms with Gasteiger partial charge in [0.1, 0.15) is 5.69 Å². The van der Waals surface area contributed by atoms with Crippen LogP contribution in [0.2, 0.25) is 5.02 Å². The molecule has 6 heteroatoms. The van der Waals surface area contributed by atoms with Gasteiger partial charge in [0.05, 0.1) is 9.50 Å². The van der Waals surface area contributed by atoms with Crippen LogP contribution in [0.3, 0.4) is 0 Å². The quantitative estimate of drug-likeness (QED) is 0.818. The Kier molecular flexibility index (Phi) is 5.73. The lowest BCUT2D eigenvalue weighted by molar-refractivity contribution is 0.0947. The molecule has 0 spiro atoms. The van der Waals surface area contributed by atoms with Crippen LogP contribution in [-0.2, 0) is 0 Å². The maximum Gasteiger partial charge on any atom is 0.269 e. The Hall–Kier alpha value is -0.650. The van der Waals surface area contributed by atoms with Gasteiger partial charge in [-0.15, -0.1) is 0 Å². The van der Waals surface area contributed by atoms with E-state index in [0.717, 1.165) is 6.42 Å². The normalized spacial score (nSPS) is 10.2. The zero-order valence-electron chi connectivity index (χ0n) is 8.54. The van der Waals surface area contributed by atoms with E-state index in [9.17, 15) is 4.79 Å². The van der Waals surface area contributed by atoms with Crippen LogP contribution >= 0.6 is 27.5 Å². The van der Waals surface area contributed by atoms with Gasteiger partial charge >= 0.3 is 0 Å². The molecule has 0 aliphatic heterocycles. The Balaban J connectivity index is 2.50. The van der Waals surface area contributed by atoms with Gasteiger partial charge in [0, 0.05) is 19.3 Å². The molecule has 0 bridgehead atoms. The van der Waals surface area contributed by atoms with Gasteiger partial charge in [0.15, 0.2) is 0 Å². The summed E-state index contributed by atoms with van der Waals surface area (Å²) in [5, 5.41) is 11.7. The van der Waals surface area contributed by atoms with E-state index in [1.807, 2.05) is 0 Å². The highest BCUT2D eigenvalue weighted by Gasteiger charge is 2.08. The third kappa shape index (κ3) is 4.08. The summed E-state index contributed by atoms with van der Waals surface area (Å²) in [5.74, 6) is -0.257. The van der Waals surface area contributed by atoms with Gasteiger partial charge in [-0.3, -0.25) is 4.79 Å². The number of aromatic nitrogens is 1. The number of nitrogens with zero attached hydrogens (tertiary/aromatic N) is 1. The van der Waals surface area contributed by atoms with Gasteiger partial charge in [-0.2, -0.15) is 0 Å². The highest BCUT2D eigenvalue weighted by Crippen LogP contribution is 2.21. The van der Waals surface area contributed by atoms with Crippen molar-refractivity contribution in [2.75, 3.05) is 13.2 Å². The number of carbonyl (C=O) groups is 1. The van der Waals surface area contributed by atoms with Gasteiger partial charge in [-0.25, -0.2) is 4.98 Å². The van der Waals surface area contributed by atoms with Crippen molar-refractivity contribution in [3.8, 4) is 0 Å². The predicted octanol–water partition coefficient (Wildman–Crippen LogP) is 2.00. The minimum absolute atomic E-state index is 0.137. The molecule has 0 radical (unpaired) electrons. The van der Waals surface area contributed by atoms with Crippen LogP contribution in [0.25, 0.3) is 0 Å². The van der Waals surface area contributed by atoms with Crippen LogP contribution in [0.15, 0.2) is 16.7 Å². The largest absolute Gasteiger partial charge is 0.396 e. The summed E-state index contributed by atoms with van der Waals surface area (Å²) in [6, 6.07) is 1.51. The average molecular weight is 308 g/mol. The second-order valence-corrected chi connectivity index (χ2v) is 4.43. The minimum atomic E-state index is -0.257. The Bertz CT molecular complexity index is 374. The highest BCUT2D eigenvalue weighted by atomic mass is 79.9. The Morgan fingerprint density at radius 1 is 1.56 bits per heavy atom. The minimum Gasteiger partial charge on any atom is -0.396 e. The average Bonchev–Trinajstić information content (AvgIpc) is 2.28. The van der Waals surface area contributed by atoms with Crippen molar-refractivity contribution in [1.82, 2.24) is 10.3 Å². The second kappa shape index (κ2) is 6.83. The van der Waals surface area contributed by atoms with E-state index in [4.69, 9.17) is 16.7 Å². The summed E-state index contributed by atoms with van der Waals surface area (Å²) in [6.45, 7) is 0.660. The van der Waals surface area contributed by atoms with E-state index in [-0.39, 0.29) is 18.2 Å². The molecule has 1 rings (SSSR count). The molecule has 0 unspecified atom stereocenters. The van der Waals surface area contributed by atoms with Gasteiger partial charge < -0.3 is 10.4 Å². The number of hydrogen-bond acceptors (Lipinski definition) is 3. The standard InChI is InChI=1S/C10H12BrClN2O2/c11-7-6-14-9(5-8(7)12)10(16)13-3-1-2-4-15/h5-6,15H,1-4H2,(H,13,16). The first-order chi connectivity index (χ1) is 7.65. The fourth-order valence-electron chi connectivity index (χ4n) is 1.07. The number of rotatable bonds is 5. The predicted molar refractivity (Wildman–Crippen MR) is 65.6 cm³/mol. The third-order valence-corrected chi connectivity index (χ3v) is 3.08. The van der Waals surface area contributed by atoms with Crippen molar-refractivity contribution < 1.29 is 9.90 Å². The summed E-state index contributed by atoms with van der Waals surface area (Å²) in [7, 11) is 0. The van der Waals surface area contributed by atoms with Gasteiger partial charge in [-0.1, -0.05) is 11.6 Å². The fourth-order valence-corrected chi connectivity index (χ4v) is 1.44. The van der Waals surface area contributed by atoms with Crippen LogP contribution in [0, 0.1) is 0 Å². The first-order valence-corrected chi connectivity index (χ1v) is 6.02. The summed E-state index contributed by atoms with van der Waals surface area (Å²) in [4.78, 5) is 15.5. The molecule has 0 aromatic carbocycles. The molecule has 0 atom stereocenters. The van der Waals surface area contributed by atoms with Crippen molar-refractivity contribution in [2.24, 2.45) is 0 Å². The molecule has 1 amide bonds. The summed E-state index contributed by atoms with van der Waals surface area (Å²) >= 11 is 9.04.